The van der Waals surface area contributed by atoms with Crippen LogP contribution in [-0.2, 0) is 4.74 Å². The molecule has 20 heavy (non-hydrogen) atoms. The van der Waals surface area contributed by atoms with Gasteiger partial charge in [-0.15, -0.1) is 0 Å². The Morgan fingerprint density at radius 2 is 2.50 bits per heavy atom. The van der Waals surface area contributed by atoms with E-state index in [2.05, 4.69) is 16.8 Å². The minimum absolute atomic E-state index is 0.0114. The van der Waals surface area contributed by atoms with Crippen molar-refractivity contribution in [3.05, 3.63) is 29.6 Å². The molecule has 1 unspecified atom stereocenters. The number of nitrogens with zero attached hydrogens (tertiary/aromatic N) is 2. The molecule has 1 fully saturated rings. The Morgan fingerprint density at radius 1 is 1.65 bits per heavy atom. The van der Waals surface area contributed by atoms with Crippen molar-refractivity contribution in [3.63, 3.8) is 0 Å². The minimum atomic E-state index is -0.117. The summed E-state index contributed by atoms with van der Waals surface area (Å²) >= 11 is 0. The van der Waals surface area contributed by atoms with E-state index >= 15 is 0 Å². The molecule has 0 radical (unpaired) electrons. The van der Waals surface area contributed by atoms with E-state index in [1.165, 1.54) is 0 Å². The molecule has 1 N–H and O–H groups in total. The zero-order valence-electron chi connectivity index (χ0n) is 11.5. The van der Waals surface area contributed by atoms with Crippen molar-refractivity contribution in [2.24, 2.45) is 0 Å². The number of hydrogen-bond donors (Lipinski definition) is 1. The van der Waals surface area contributed by atoms with Crippen molar-refractivity contribution in [1.29, 1.82) is 0 Å². The third-order valence-corrected chi connectivity index (χ3v) is 3.00. The second-order valence-electron chi connectivity index (χ2n) is 4.61. The maximum atomic E-state index is 12.5. The topological polar surface area (TPSA) is 62.7 Å². The Labute approximate surface area is 118 Å². The minimum Gasteiger partial charge on any atom is -0.395 e. The second kappa shape index (κ2) is 7.04. The third kappa shape index (κ3) is 3.56. The van der Waals surface area contributed by atoms with Crippen LogP contribution in [0, 0.1) is 11.8 Å². The van der Waals surface area contributed by atoms with Gasteiger partial charge in [-0.1, -0.05) is 11.8 Å². The number of carbonyl (C=O) groups excluding carboxylic acids is 1. The molecular formula is C15H18N2O3. The molecule has 0 aliphatic carbocycles. The summed E-state index contributed by atoms with van der Waals surface area (Å²) in [7, 11) is 0. The number of carbonyl (C=O) groups is 1. The van der Waals surface area contributed by atoms with Gasteiger partial charge in [-0.25, -0.2) is 4.98 Å². The van der Waals surface area contributed by atoms with Gasteiger partial charge in [-0.05, 0) is 19.1 Å². The summed E-state index contributed by atoms with van der Waals surface area (Å²) in [6.45, 7) is 3.64. The third-order valence-electron chi connectivity index (χ3n) is 3.00. The molecule has 2 heterocycles. The highest BCUT2D eigenvalue weighted by Crippen LogP contribution is 2.12. The smallest absolute Gasteiger partial charge is 0.273 e. The second-order valence-corrected chi connectivity index (χ2v) is 4.61. The van der Waals surface area contributed by atoms with Gasteiger partial charge in [0.05, 0.1) is 24.9 Å². The number of aliphatic hydroxyl groups is 1. The van der Waals surface area contributed by atoms with Crippen molar-refractivity contribution in [3.8, 4) is 11.8 Å². The Balaban J connectivity index is 2.19. The fourth-order valence-electron chi connectivity index (χ4n) is 2.04. The Bertz CT molecular complexity index is 533. The molecule has 0 spiro atoms. The van der Waals surface area contributed by atoms with Gasteiger partial charge in [-0.3, -0.25) is 4.79 Å². The van der Waals surface area contributed by atoms with Crippen LogP contribution in [0.15, 0.2) is 18.3 Å². The van der Waals surface area contributed by atoms with E-state index in [0.29, 0.717) is 37.4 Å². The van der Waals surface area contributed by atoms with Crippen LogP contribution >= 0.6 is 0 Å². The van der Waals surface area contributed by atoms with Crippen molar-refractivity contribution >= 4 is 5.91 Å². The number of ether oxygens (including phenoxy) is 1. The molecule has 1 aromatic heterocycles. The number of morpholine rings is 1. The lowest BCUT2D eigenvalue weighted by Gasteiger charge is -2.31. The lowest BCUT2D eigenvalue weighted by atomic mass is 10.1. The average Bonchev–Trinajstić information content (AvgIpc) is 2.47. The van der Waals surface area contributed by atoms with Crippen molar-refractivity contribution in [2.45, 2.75) is 19.4 Å². The molecule has 0 saturated carbocycles. The molecule has 0 bridgehead atoms. The Hall–Kier alpha value is -1.90. The summed E-state index contributed by atoms with van der Waals surface area (Å²) in [6.07, 6.45) is 2.02. The van der Waals surface area contributed by atoms with Crippen LogP contribution in [0.25, 0.3) is 0 Å². The highest BCUT2D eigenvalue weighted by molar-refractivity contribution is 5.94. The lowest BCUT2D eigenvalue weighted by Crippen LogP contribution is -2.45. The standard InChI is InChI=1S/C15H18N2O3/c1-12-11-17(8-10-20-12)15(19)14-13(5-2-3-9-18)6-4-7-16-14/h4,6-7,12,18H,3,8-11H2,1H3. The quantitative estimate of drug-likeness (QED) is 0.805. The van der Waals surface area contributed by atoms with Crippen LogP contribution in [0.4, 0.5) is 0 Å². The van der Waals surface area contributed by atoms with E-state index in [-0.39, 0.29) is 18.6 Å². The van der Waals surface area contributed by atoms with E-state index in [1.807, 2.05) is 6.92 Å². The molecule has 1 amide bonds. The van der Waals surface area contributed by atoms with Crippen LogP contribution in [-0.4, -0.2) is 53.3 Å². The SMILES string of the molecule is CC1CN(C(=O)c2ncccc2C#CCCO)CCO1. The summed E-state index contributed by atoms with van der Waals surface area (Å²) in [6, 6.07) is 3.52. The number of hydrogen-bond acceptors (Lipinski definition) is 4. The van der Waals surface area contributed by atoms with Gasteiger partial charge < -0.3 is 14.7 Å². The molecule has 1 aliphatic heterocycles. The molecule has 2 rings (SSSR count). The maximum Gasteiger partial charge on any atom is 0.273 e. The van der Waals surface area contributed by atoms with Gasteiger partial charge >= 0.3 is 0 Å². The van der Waals surface area contributed by atoms with E-state index in [4.69, 9.17) is 9.84 Å². The molecule has 1 aliphatic rings. The maximum absolute atomic E-state index is 12.5. The Kier molecular flexibility index (Phi) is 5.10. The zero-order chi connectivity index (χ0) is 14.4. The van der Waals surface area contributed by atoms with Crippen molar-refractivity contribution in [2.75, 3.05) is 26.3 Å². The molecule has 5 nitrogen and oxygen atoms in total. The van der Waals surface area contributed by atoms with E-state index in [0.717, 1.165) is 0 Å². The molecule has 1 aromatic rings. The molecule has 106 valence electrons. The molecule has 1 atom stereocenters. The number of pyridine rings is 1. The number of amides is 1. The highest BCUT2D eigenvalue weighted by atomic mass is 16.5. The first-order valence-corrected chi connectivity index (χ1v) is 6.68. The fourth-order valence-corrected chi connectivity index (χ4v) is 2.04. The first-order valence-electron chi connectivity index (χ1n) is 6.68. The highest BCUT2D eigenvalue weighted by Gasteiger charge is 2.24. The predicted molar refractivity (Wildman–Crippen MR) is 74.1 cm³/mol. The van der Waals surface area contributed by atoms with Gasteiger partial charge in [0.1, 0.15) is 5.69 Å². The summed E-state index contributed by atoms with van der Waals surface area (Å²) in [5.41, 5.74) is 0.970. The lowest BCUT2D eigenvalue weighted by molar-refractivity contribution is -0.0126. The van der Waals surface area contributed by atoms with Gasteiger partial charge in [0, 0.05) is 25.7 Å². The first kappa shape index (κ1) is 14.5. The van der Waals surface area contributed by atoms with Gasteiger partial charge in [-0.2, -0.15) is 0 Å². The van der Waals surface area contributed by atoms with Crippen LogP contribution in [0.5, 0.6) is 0 Å². The fraction of sp³-hybridized carbons (Fsp3) is 0.467. The van der Waals surface area contributed by atoms with Crippen LogP contribution in [0.1, 0.15) is 29.4 Å². The van der Waals surface area contributed by atoms with E-state index in [9.17, 15) is 4.79 Å². The monoisotopic (exact) mass is 274 g/mol. The number of aliphatic hydroxyl groups excluding tert-OH is 1. The largest absolute Gasteiger partial charge is 0.395 e. The zero-order valence-corrected chi connectivity index (χ0v) is 11.5. The molecule has 5 heteroatoms. The van der Waals surface area contributed by atoms with Gasteiger partial charge in [0.25, 0.3) is 5.91 Å². The predicted octanol–water partition coefficient (Wildman–Crippen LogP) is 0.676. The molecule has 1 saturated heterocycles. The number of aromatic nitrogens is 1. The Morgan fingerprint density at radius 3 is 3.25 bits per heavy atom. The molecular weight excluding hydrogens is 256 g/mol. The normalized spacial score (nSPS) is 18.3. The summed E-state index contributed by atoms with van der Waals surface area (Å²) in [5, 5.41) is 8.75. The van der Waals surface area contributed by atoms with Crippen LogP contribution < -0.4 is 0 Å². The summed E-state index contributed by atoms with van der Waals surface area (Å²) in [4.78, 5) is 18.4. The molecule has 0 aromatic carbocycles. The van der Waals surface area contributed by atoms with E-state index < -0.39 is 0 Å². The van der Waals surface area contributed by atoms with E-state index in [1.54, 1.807) is 23.2 Å². The summed E-state index contributed by atoms with van der Waals surface area (Å²) in [5.74, 6) is 5.60. The van der Waals surface area contributed by atoms with Crippen molar-refractivity contribution in [1.82, 2.24) is 9.88 Å². The average molecular weight is 274 g/mol. The van der Waals surface area contributed by atoms with Gasteiger partial charge in [0.15, 0.2) is 0 Å². The summed E-state index contributed by atoms with van der Waals surface area (Å²) < 4.78 is 5.43. The number of rotatable bonds is 2. The van der Waals surface area contributed by atoms with Crippen molar-refractivity contribution < 1.29 is 14.6 Å². The van der Waals surface area contributed by atoms with Crippen LogP contribution in [0.3, 0.4) is 0 Å². The van der Waals surface area contributed by atoms with Gasteiger partial charge in [0.2, 0.25) is 0 Å². The first-order chi connectivity index (χ1) is 9.72. The van der Waals surface area contributed by atoms with Crippen LogP contribution in [0.2, 0.25) is 0 Å².